The van der Waals surface area contributed by atoms with Gasteiger partial charge in [0.05, 0.1) is 10.6 Å². The van der Waals surface area contributed by atoms with Gasteiger partial charge in [-0.05, 0) is 48.9 Å². The van der Waals surface area contributed by atoms with Crippen LogP contribution in [0.25, 0.3) is 11.1 Å². The van der Waals surface area contributed by atoms with Gasteiger partial charge < -0.3 is 11.1 Å². The fraction of sp³-hybridized carbons (Fsp3) is 0.316. The maximum absolute atomic E-state index is 12.6. The Kier molecular flexibility index (Phi) is 4.99. The molecule has 1 amide bonds. The monoisotopic (exact) mass is 328 g/mol. The molecule has 120 valence electrons. The van der Waals surface area contributed by atoms with Gasteiger partial charge in [-0.25, -0.2) is 0 Å². The quantitative estimate of drug-likeness (QED) is 0.894. The first kappa shape index (κ1) is 16.0. The number of benzene rings is 2. The number of carbonyl (C=O) groups is 1. The van der Waals surface area contributed by atoms with Crippen LogP contribution in [0.3, 0.4) is 0 Å². The van der Waals surface area contributed by atoms with Crippen LogP contribution in [0, 0.1) is 0 Å². The Morgan fingerprint density at radius 2 is 1.70 bits per heavy atom. The van der Waals surface area contributed by atoms with E-state index in [1.54, 1.807) is 6.07 Å². The minimum absolute atomic E-state index is 0.103. The van der Waals surface area contributed by atoms with Crippen molar-refractivity contribution in [2.24, 2.45) is 5.73 Å². The molecule has 0 radical (unpaired) electrons. The van der Waals surface area contributed by atoms with E-state index in [0.29, 0.717) is 10.6 Å². The summed E-state index contributed by atoms with van der Waals surface area (Å²) in [5.41, 5.74) is 8.51. The molecule has 3 nitrogen and oxygen atoms in total. The van der Waals surface area contributed by atoms with Crippen molar-refractivity contribution in [3.63, 3.8) is 0 Å². The summed E-state index contributed by atoms with van der Waals surface area (Å²) in [6.07, 6.45) is 3.79. The van der Waals surface area contributed by atoms with Gasteiger partial charge in [0.1, 0.15) is 0 Å². The first-order valence-corrected chi connectivity index (χ1v) is 8.42. The van der Waals surface area contributed by atoms with E-state index in [1.807, 2.05) is 42.5 Å². The van der Waals surface area contributed by atoms with Gasteiger partial charge in [0.2, 0.25) is 0 Å². The lowest BCUT2D eigenvalue weighted by molar-refractivity contribution is 0.0926. The van der Waals surface area contributed by atoms with Crippen LogP contribution in [-0.4, -0.2) is 18.0 Å². The zero-order valence-corrected chi connectivity index (χ0v) is 13.7. The van der Waals surface area contributed by atoms with Crippen LogP contribution in [0.5, 0.6) is 0 Å². The number of halogens is 1. The Morgan fingerprint density at radius 1 is 1.00 bits per heavy atom. The highest BCUT2D eigenvalue weighted by atomic mass is 35.5. The zero-order valence-electron chi connectivity index (χ0n) is 13.0. The van der Waals surface area contributed by atoms with E-state index in [-0.39, 0.29) is 18.0 Å². The molecule has 3 N–H and O–H groups in total. The molecule has 0 aliphatic heterocycles. The first-order chi connectivity index (χ1) is 11.1. The summed E-state index contributed by atoms with van der Waals surface area (Å²) in [5, 5.41) is 3.58. The molecular weight excluding hydrogens is 308 g/mol. The number of carbonyl (C=O) groups excluding carboxylic acids is 1. The molecule has 23 heavy (non-hydrogen) atoms. The van der Waals surface area contributed by atoms with Gasteiger partial charge in [-0.1, -0.05) is 48.0 Å². The highest BCUT2D eigenvalue weighted by Gasteiger charge is 2.21. The molecule has 0 aromatic heterocycles. The minimum Gasteiger partial charge on any atom is -0.349 e. The second kappa shape index (κ2) is 7.16. The smallest absolute Gasteiger partial charge is 0.253 e. The SMILES string of the molecule is NC1CCC(NC(=O)c2cc(-c3ccccc3)ccc2Cl)CC1. The average molecular weight is 329 g/mol. The molecule has 1 aliphatic carbocycles. The van der Waals surface area contributed by atoms with Gasteiger partial charge in [-0.15, -0.1) is 0 Å². The Morgan fingerprint density at radius 3 is 2.39 bits per heavy atom. The molecule has 1 aliphatic rings. The van der Waals surface area contributed by atoms with Crippen molar-refractivity contribution in [1.29, 1.82) is 0 Å². The summed E-state index contributed by atoms with van der Waals surface area (Å²) in [6.45, 7) is 0. The number of nitrogens with one attached hydrogen (secondary N) is 1. The maximum atomic E-state index is 12.6. The largest absolute Gasteiger partial charge is 0.349 e. The molecule has 0 bridgehead atoms. The third kappa shape index (κ3) is 3.92. The fourth-order valence-corrected chi connectivity index (χ4v) is 3.24. The van der Waals surface area contributed by atoms with E-state index in [1.165, 1.54) is 0 Å². The predicted octanol–water partition coefficient (Wildman–Crippen LogP) is 4.01. The zero-order chi connectivity index (χ0) is 16.2. The van der Waals surface area contributed by atoms with Gasteiger partial charge in [0.15, 0.2) is 0 Å². The van der Waals surface area contributed by atoms with Crippen LogP contribution in [0.1, 0.15) is 36.0 Å². The third-order valence-electron chi connectivity index (χ3n) is 4.43. The summed E-state index contributed by atoms with van der Waals surface area (Å²) in [6, 6.07) is 16.0. The standard InChI is InChI=1S/C19H21ClN2O/c20-18-11-6-14(13-4-2-1-3-5-13)12-17(18)19(23)22-16-9-7-15(21)8-10-16/h1-6,11-12,15-16H,7-10,21H2,(H,22,23). The van der Waals surface area contributed by atoms with Crippen molar-refractivity contribution in [2.75, 3.05) is 0 Å². The Labute approximate surface area is 141 Å². The van der Waals surface area contributed by atoms with E-state index in [2.05, 4.69) is 5.32 Å². The van der Waals surface area contributed by atoms with E-state index in [9.17, 15) is 4.79 Å². The lowest BCUT2D eigenvalue weighted by Gasteiger charge is -2.27. The summed E-state index contributed by atoms with van der Waals surface area (Å²) in [5.74, 6) is -0.103. The second-order valence-electron chi connectivity index (χ2n) is 6.15. The van der Waals surface area contributed by atoms with Crippen LogP contribution >= 0.6 is 11.6 Å². The minimum atomic E-state index is -0.103. The van der Waals surface area contributed by atoms with Crippen molar-refractivity contribution in [3.05, 3.63) is 59.1 Å². The number of hydrogen-bond acceptors (Lipinski definition) is 2. The van der Waals surface area contributed by atoms with Crippen LogP contribution in [0.2, 0.25) is 5.02 Å². The molecule has 3 rings (SSSR count). The van der Waals surface area contributed by atoms with Crippen LogP contribution in [0.15, 0.2) is 48.5 Å². The molecule has 2 aromatic rings. The van der Waals surface area contributed by atoms with E-state index in [0.717, 1.165) is 36.8 Å². The van der Waals surface area contributed by atoms with Crippen molar-refractivity contribution >= 4 is 17.5 Å². The first-order valence-electron chi connectivity index (χ1n) is 8.05. The van der Waals surface area contributed by atoms with Gasteiger partial charge in [-0.3, -0.25) is 4.79 Å². The molecule has 1 saturated carbocycles. The number of rotatable bonds is 3. The van der Waals surface area contributed by atoms with Gasteiger partial charge in [-0.2, -0.15) is 0 Å². The third-order valence-corrected chi connectivity index (χ3v) is 4.75. The van der Waals surface area contributed by atoms with Crippen molar-refractivity contribution in [2.45, 2.75) is 37.8 Å². The van der Waals surface area contributed by atoms with E-state index < -0.39 is 0 Å². The van der Waals surface area contributed by atoms with Crippen LogP contribution in [0.4, 0.5) is 0 Å². The van der Waals surface area contributed by atoms with Gasteiger partial charge in [0, 0.05) is 12.1 Å². The Bertz CT molecular complexity index is 679. The normalized spacial score (nSPS) is 21.0. The molecule has 0 unspecified atom stereocenters. The number of amides is 1. The summed E-state index contributed by atoms with van der Waals surface area (Å²) in [7, 11) is 0. The molecule has 0 saturated heterocycles. The highest BCUT2D eigenvalue weighted by Crippen LogP contribution is 2.26. The lowest BCUT2D eigenvalue weighted by atomic mass is 9.91. The molecule has 2 aromatic carbocycles. The molecule has 0 heterocycles. The van der Waals surface area contributed by atoms with Crippen molar-refractivity contribution < 1.29 is 4.79 Å². The topological polar surface area (TPSA) is 55.1 Å². The number of hydrogen-bond donors (Lipinski definition) is 2. The van der Waals surface area contributed by atoms with E-state index >= 15 is 0 Å². The molecule has 0 atom stereocenters. The van der Waals surface area contributed by atoms with Crippen molar-refractivity contribution in [1.82, 2.24) is 5.32 Å². The molecular formula is C19H21ClN2O. The maximum Gasteiger partial charge on any atom is 0.253 e. The van der Waals surface area contributed by atoms with Gasteiger partial charge >= 0.3 is 0 Å². The second-order valence-corrected chi connectivity index (χ2v) is 6.55. The number of nitrogens with two attached hydrogens (primary N) is 1. The van der Waals surface area contributed by atoms with Crippen LogP contribution < -0.4 is 11.1 Å². The fourth-order valence-electron chi connectivity index (χ4n) is 3.04. The molecule has 1 fully saturated rings. The summed E-state index contributed by atoms with van der Waals surface area (Å²) >= 11 is 6.24. The summed E-state index contributed by atoms with van der Waals surface area (Å²) in [4.78, 5) is 12.6. The van der Waals surface area contributed by atoms with Gasteiger partial charge in [0.25, 0.3) is 5.91 Å². The van der Waals surface area contributed by atoms with Crippen molar-refractivity contribution in [3.8, 4) is 11.1 Å². The Hall–Kier alpha value is -1.84. The highest BCUT2D eigenvalue weighted by molar-refractivity contribution is 6.34. The molecule has 0 spiro atoms. The summed E-state index contributed by atoms with van der Waals surface area (Å²) < 4.78 is 0. The van der Waals surface area contributed by atoms with Crippen LogP contribution in [-0.2, 0) is 0 Å². The predicted molar refractivity (Wildman–Crippen MR) is 94.6 cm³/mol. The average Bonchev–Trinajstić information content (AvgIpc) is 2.58. The molecule has 4 heteroatoms. The lowest BCUT2D eigenvalue weighted by Crippen LogP contribution is -2.40. The van der Waals surface area contributed by atoms with E-state index in [4.69, 9.17) is 17.3 Å². The Balaban J connectivity index is 1.77.